The van der Waals surface area contributed by atoms with Crippen LogP contribution in [0.3, 0.4) is 0 Å². The number of fused-ring (bicyclic) bond motifs is 1. The minimum Gasteiger partial charge on any atom is -0.319 e. The molecule has 0 bridgehead atoms. The molecule has 0 radical (unpaired) electrons. The molecular formula is C13H6Cl2N4O4. The topological polar surface area (TPSA) is 111 Å². The van der Waals surface area contributed by atoms with Gasteiger partial charge < -0.3 is 5.32 Å². The molecule has 0 atom stereocenters. The number of aromatic nitrogens is 2. The van der Waals surface area contributed by atoms with E-state index in [1.54, 1.807) is 6.07 Å². The zero-order valence-electron chi connectivity index (χ0n) is 11.1. The number of halogens is 2. The smallest absolute Gasteiger partial charge is 0.270 e. The number of nitrogens with one attached hydrogen (secondary N) is 1. The quantitative estimate of drug-likeness (QED) is 0.568. The molecule has 0 fully saturated rings. The second-order valence-electron chi connectivity index (χ2n) is 4.43. The Labute approximate surface area is 138 Å². The summed E-state index contributed by atoms with van der Waals surface area (Å²) >= 11 is 12.0. The molecule has 1 amide bonds. The summed E-state index contributed by atoms with van der Waals surface area (Å²) in [6, 6.07) is 6.64. The van der Waals surface area contributed by atoms with Gasteiger partial charge in [0.25, 0.3) is 11.6 Å². The van der Waals surface area contributed by atoms with E-state index in [-0.39, 0.29) is 32.5 Å². The van der Waals surface area contributed by atoms with Crippen molar-refractivity contribution in [3.05, 3.63) is 56.1 Å². The number of non-ortho nitro benzene ring substituents is 1. The summed E-state index contributed by atoms with van der Waals surface area (Å²) in [5, 5.41) is 20.9. The minimum atomic E-state index is -0.670. The van der Waals surface area contributed by atoms with Gasteiger partial charge in [-0.1, -0.05) is 23.2 Å². The Morgan fingerprint density at radius 1 is 1.17 bits per heavy atom. The number of nitrogens with zero attached hydrogens (tertiary/aromatic N) is 3. The number of carbonyl (C=O) groups excluding carboxylic acids is 1. The fourth-order valence-electron chi connectivity index (χ4n) is 1.93. The van der Waals surface area contributed by atoms with Crippen LogP contribution in [0.1, 0.15) is 10.4 Å². The van der Waals surface area contributed by atoms with Crippen LogP contribution in [0.25, 0.3) is 11.0 Å². The second-order valence-corrected chi connectivity index (χ2v) is 5.24. The maximum absolute atomic E-state index is 12.4. The molecule has 0 aliphatic carbocycles. The number of carbonyl (C=O) groups is 1. The van der Waals surface area contributed by atoms with Crippen LogP contribution in [0.2, 0.25) is 10.0 Å². The Balaban J connectivity index is 2.01. The fraction of sp³-hybridized carbons (Fsp3) is 0. The summed E-state index contributed by atoms with van der Waals surface area (Å²) in [7, 11) is 0. The maximum atomic E-state index is 12.4. The monoisotopic (exact) mass is 352 g/mol. The van der Waals surface area contributed by atoms with Crippen LogP contribution >= 0.6 is 23.2 Å². The molecule has 0 spiro atoms. The third-order valence-corrected chi connectivity index (χ3v) is 3.67. The van der Waals surface area contributed by atoms with E-state index >= 15 is 0 Å². The summed E-state index contributed by atoms with van der Waals surface area (Å²) < 4.78 is 4.60. The van der Waals surface area contributed by atoms with Gasteiger partial charge in [0.05, 0.1) is 26.2 Å². The highest BCUT2D eigenvalue weighted by atomic mass is 35.5. The number of anilines is 1. The molecule has 0 aliphatic heterocycles. The van der Waals surface area contributed by atoms with Gasteiger partial charge in [-0.3, -0.25) is 14.9 Å². The summed E-state index contributed by atoms with van der Waals surface area (Å²) in [5.74, 6) is -0.670. The maximum Gasteiger partial charge on any atom is 0.270 e. The molecule has 116 valence electrons. The second kappa shape index (κ2) is 5.82. The van der Waals surface area contributed by atoms with Gasteiger partial charge in [-0.2, -0.15) is 0 Å². The number of nitro groups is 1. The van der Waals surface area contributed by atoms with Crippen LogP contribution in [0.4, 0.5) is 11.4 Å². The Kier molecular flexibility index (Phi) is 3.85. The lowest BCUT2D eigenvalue weighted by atomic mass is 10.1. The average molecular weight is 353 g/mol. The van der Waals surface area contributed by atoms with Crippen LogP contribution in [0, 0.1) is 10.1 Å². The molecule has 0 unspecified atom stereocenters. The van der Waals surface area contributed by atoms with Crippen molar-refractivity contribution in [3.8, 4) is 0 Å². The van der Waals surface area contributed by atoms with Gasteiger partial charge in [0, 0.05) is 12.1 Å². The summed E-state index contributed by atoms with van der Waals surface area (Å²) in [6.07, 6.45) is 0. The van der Waals surface area contributed by atoms with Crippen molar-refractivity contribution >= 4 is 51.5 Å². The van der Waals surface area contributed by atoms with Gasteiger partial charge in [0.1, 0.15) is 5.52 Å². The van der Waals surface area contributed by atoms with Crippen LogP contribution in [-0.4, -0.2) is 21.1 Å². The molecule has 8 nitrogen and oxygen atoms in total. The van der Waals surface area contributed by atoms with E-state index < -0.39 is 10.8 Å². The zero-order chi connectivity index (χ0) is 16.6. The first kappa shape index (κ1) is 15.2. The van der Waals surface area contributed by atoms with Crippen LogP contribution < -0.4 is 5.32 Å². The van der Waals surface area contributed by atoms with E-state index in [0.29, 0.717) is 5.52 Å². The molecule has 1 aromatic heterocycles. The summed E-state index contributed by atoms with van der Waals surface area (Å²) in [6.45, 7) is 0. The van der Waals surface area contributed by atoms with Crippen molar-refractivity contribution in [2.45, 2.75) is 0 Å². The van der Waals surface area contributed by atoms with Crippen LogP contribution in [0.5, 0.6) is 0 Å². The summed E-state index contributed by atoms with van der Waals surface area (Å²) in [5.41, 5.74) is 0.512. The number of rotatable bonds is 3. The first-order valence-corrected chi connectivity index (χ1v) is 6.89. The number of hydrogen-bond donors (Lipinski definition) is 1. The first-order chi connectivity index (χ1) is 11.0. The Hall–Kier alpha value is -2.71. The lowest BCUT2D eigenvalue weighted by molar-refractivity contribution is -0.384. The highest BCUT2D eigenvalue weighted by Gasteiger charge is 2.19. The lowest BCUT2D eigenvalue weighted by Gasteiger charge is -2.08. The minimum absolute atomic E-state index is 0.0645. The first-order valence-electron chi connectivity index (χ1n) is 6.13. The van der Waals surface area contributed by atoms with E-state index in [9.17, 15) is 14.9 Å². The average Bonchev–Trinajstić information content (AvgIpc) is 2.99. The van der Waals surface area contributed by atoms with Gasteiger partial charge in [-0.05, 0) is 28.5 Å². The lowest BCUT2D eigenvalue weighted by Crippen LogP contribution is -2.13. The van der Waals surface area contributed by atoms with E-state index in [2.05, 4.69) is 20.3 Å². The van der Waals surface area contributed by atoms with E-state index in [4.69, 9.17) is 23.2 Å². The van der Waals surface area contributed by atoms with E-state index in [1.807, 2.05) is 0 Å². The molecular weight excluding hydrogens is 347 g/mol. The molecule has 2 aromatic carbocycles. The molecule has 1 N–H and O–H groups in total. The van der Waals surface area contributed by atoms with Crippen molar-refractivity contribution in [3.63, 3.8) is 0 Å². The molecule has 3 aromatic rings. The van der Waals surface area contributed by atoms with Gasteiger partial charge in [0.2, 0.25) is 0 Å². The number of hydrogen-bond acceptors (Lipinski definition) is 6. The molecule has 0 saturated heterocycles. The highest BCUT2D eigenvalue weighted by molar-refractivity contribution is 6.37. The van der Waals surface area contributed by atoms with Crippen molar-refractivity contribution < 1.29 is 14.3 Å². The molecule has 1 heterocycles. The predicted octanol–water partition coefficient (Wildman–Crippen LogP) is 3.69. The Bertz CT molecular complexity index is 941. The van der Waals surface area contributed by atoms with Crippen molar-refractivity contribution in [2.75, 3.05) is 5.32 Å². The predicted molar refractivity (Wildman–Crippen MR) is 82.9 cm³/mol. The standard InChI is InChI=1S/C13H6Cl2N4O4/c14-8-2-1-6(19(21)22)5-7(8)13(20)16-11-9(15)3-4-10-12(11)18-23-17-10/h1-5H,(H,16,20). The van der Waals surface area contributed by atoms with Crippen molar-refractivity contribution in [1.82, 2.24) is 10.3 Å². The van der Waals surface area contributed by atoms with Crippen molar-refractivity contribution in [1.29, 1.82) is 0 Å². The number of amides is 1. The molecule has 10 heteroatoms. The third-order valence-electron chi connectivity index (χ3n) is 3.02. The van der Waals surface area contributed by atoms with Gasteiger partial charge in [0.15, 0.2) is 5.52 Å². The van der Waals surface area contributed by atoms with Crippen LogP contribution in [0.15, 0.2) is 35.0 Å². The molecule has 3 rings (SSSR count). The summed E-state index contributed by atoms with van der Waals surface area (Å²) in [4.78, 5) is 22.6. The number of nitro benzene ring substituents is 1. The zero-order valence-corrected chi connectivity index (χ0v) is 12.6. The molecule has 0 aliphatic rings. The molecule has 0 saturated carbocycles. The van der Waals surface area contributed by atoms with Gasteiger partial charge >= 0.3 is 0 Å². The highest BCUT2D eigenvalue weighted by Crippen LogP contribution is 2.30. The SMILES string of the molecule is O=C(Nc1c(Cl)ccc2nonc12)c1cc([N+](=O)[O-])ccc1Cl. The van der Waals surface area contributed by atoms with E-state index in [0.717, 1.165) is 6.07 Å². The fourth-order valence-corrected chi connectivity index (χ4v) is 2.33. The molecule has 23 heavy (non-hydrogen) atoms. The van der Waals surface area contributed by atoms with Gasteiger partial charge in [-0.25, -0.2) is 4.63 Å². The third kappa shape index (κ3) is 2.81. The largest absolute Gasteiger partial charge is 0.319 e. The van der Waals surface area contributed by atoms with Gasteiger partial charge in [-0.15, -0.1) is 0 Å². The Morgan fingerprint density at radius 3 is 2.65 bits per heavy atom. The Morgan fingerprint density at radius 2 is 1.91 bits per heavy atom. The normalized spacial score (nSPS) is 10.7. The van der Waals surface area contributed by atoms with Crippen LogP contribution in [-0.2, 0) is 0 Å². The van der Waals surface area contributed by atoms with E-state index in [1.165, 1.54) is 18.2 Å². The number of benzene rings is 2. The van der Waals surface area contributed by atoms with Crippen molar-refractivity contribution in [2.24, 2.45) is 0 Å².